The largest absolute Gasteiger partial charge is 0.354 e. The van der Waals surface area contributed by atoms with Crippen molar-refractivity contribution in [3.05, 3.63) is 36.2 Å². The van der Waals surface area contributed by atoms with Crippen LogP contribution in [0.1, 0.15) is 30.8 Å². The number of carbonyl (C=O) groups is 1. The zero-order valence-corrected chi connectivity index (χ0v) is 13.3. The van der Waals surface area contributed by atoms with Crippen LogP contribution in [-0.2, 0) is 17.8 Å². The Bertz CT molecular complexity index is 654. The van der Waals surface area contributed by atoms with Crippen LogP contribution in [0.2, 0.25) is 0 Å². The third-order valence-corrected chi connectivity index (χ3v) is 3.91. The Balaban J connectivity index is 1.37. The van der Waals surface area contributed by atoms with Crippen LogP contribution in [0.15, 0.2) is 24.7 Å². The molecule has 0 bridgehead atoms. The number of amides is 1. The molecule has 3 rings (SSSR count). The van der Waals surface area contributed by atoms with Gasteiger partial charge in [0.1, 0.15) is 5.82 Å². The number of hydrogen-bond acceptors (Lipinski definition) is 5. The van der Waals surface area contributed by atoms with E-state index in [1.807, 2.05) is 6.92 Å². The predicted molar refractivity (Wildman–Crippen MR) is 87.0 cm³/mol. The van der Waals surface area contributed by atoms with E-state index in [0.29, 0.717) is 18.9 Å². The molecule has 1 unspecified atom stereocenters. The number of nitrogens with zero attached hydrogens (tertiary/aromatic N) is 4. The summed E-state index contributed by atoms with van der Waals surface area (Å²) < 4.78 is 2.15. The fraction of sp³-hybridized carbons (Fsp3) is 0.500. The van der Waals surface area contributed by atoms with Gasteiger partial charge in [0.15, 0.2) is 0 Å². The quantitative estimate of drug-likeness (QED) is 0.785. The number of anilines is 1. The first-order valence-electron chi connectivity index (χ1n) is 8.03. The average molecular weight is 314 g/mol. The maximum Gasteiger partial charge on any atom is 0.222 e. The Morgan fingerprint density at radius 1 is 1.39 bits per heavy atom. The van der Waals surface area contributed by atoms with Crippen molar-refractivity contribution < 1.29 is 4.79 Å². The Kier molecular flexibility index (Phi) is 4.85. The zero-order chi connectivity index (χ0) is 16.1. The molecular formula is C16H22N6O. The van der Waals surface area contributed by atoms with Crippen molar-refractivity contribution in [3.8, 4) is 0 Å². The van der Waals surface area contributed by atoms with Gasteiger partial charge in [0.25, 0.3) is 0 Å². The molecule has 1 aliphatic heterocycles. The van der Waals surface area contributed by atoms with Crippen LogP contribution in [0.4, 0.5) is 5.95 Å². The minimum Gasteiger partial charge on any atom is -0.354 e. The van der Waals surface area contributed by atoms with Crippen LogP contribution < -0.4 is 10.6 Å². The Labute approximate surface area is 135 Å². The monoisotopic (exact) mass is 314 g/mol. The van der Waals surface area contributed by atoms with E-state index in [1.54, 1.807) is 18.5 Å². The highest BCUT2D eigenvalue weighted by molar-refractivity contribution is 5.76. The van der Waals surface area contributed by atoms with Gasteiger partial charge in [-0.3, -0.25) is 4.79 Å². The summed E-state index contributed by atoms with van der Waals surface area (Å²) in [7, 11) is 0. The number of hydrogen-bond donors (Lipinski definition) is 2. The van der Waals surface area contributed by atoms with Crippen LogP contribution in [0.3, 0.4) is 0 Å². The molecule has 3 heterocycles. The van der Waals surface area contributed by atoms with Gasteiger partial charge in [-0.1, -0.05) is 0 Å². The van der Waals surface area contributed by atoms with Crippen molar-refractivity contribution >= 4 is 11.9 Å². The van der Waals surface area contributed by atoms with E-state index < -0.39 is 0 Å². The fourth-order valence-electron chi connectivity index (χ4n) is 2.84. The van der Waals surface area contributed by atoms with Crippen LogP contribution in [0.25, 0.3) is 0 Å². The Hall–Kier alpha value is -2.44. The van der Waals surface area contributed by atoms with E-state index in [1.165, 1.54) is 0 Å². The molecule has 0 aromatic carbocycles. The standard InChI is InChI=1S/C16H22N6O/c1-12-10-22-11-13(5-6-14(22)20-12)21-15(23)4-2-7-17-16-18-8-3-9-19-16/h3,8-10,13H,2,4-7,11H2,1H3,(H,21,23)(H,17,18,19). The summed E-state index contributed by atoms with van der Waals surface area (Å²) in [5.74, 6) is 1.83. The third kappa shape index (κ3) is 4.28. The highest BCUT2D eigenvalue weighted by Crippen LogP contribution is 2.15. The van der Waals surface area contributed by atoms with Gasteiger partial charge < -0.3 is 15.2 Å². The number of rotatable bonds is 6. The van der Waals surface area contributed by atoms with Gasteiger partial charge in [-0.25, -0.2) is 15.0 Å². The first-order chi connectivity index (χ1) is 11.2. The van der Waals surface area contributed by atoms with Crippen LogP contribution in [-0.4, -0.2) is 38.0 Å². The molecule has 2 aromatic heterocycles. The summed E-state index contributed by atoms with van der Waals surface area (Å²) in [5.41, 5.74) is 1.04. The van der Waals surface area contributed by atoms with E-state index in [4.69, 9.17) is 0 Å². The summed E-state index contributed by atoms with van der Waals surface area (Å²) in [6.07, 6.45) is 8.58. The molecule has 1 aliphatic rings. The smallest absolute Gasteiger partial charge is 0.222 e. The second-order valence-electron chi connectivity index (χ2n) is 5.86. The van der Waals surface area contributed by atoms with E-state index in [9.17, 15) is 4.79 Å². The van der Waals surface area contributed by atoms with Crippen LogP contribution in [0, 0.1) is 6.92 Å². The minimum absolute atomic E-state index is 0.103. The molecule has 23 heavy (non-hydrogen) atoms. The molecule has 2 N–H and O–H groups in total. The molecule has 7 heteroatoms. The lowest BCUT2D eigenvalue weighted by atomic mass is 10.1. The summed E-state index contributed by atoms with van der Waals surface area (Å²) in [6, 6.07) is 1.98. The molecule has 2 aromatic rings. The van der Waals surface area contributed by atoms with Crippen molar-refractivity contribution in [2.45, 2.75) is 45.2 Å². The molecule has 7 nitrogen and oxygen atoms in total. The highest BCUT2D eigenvalue weighted by atomic mass is 16.1. The molecular weight excluding hydrogens is 292 g/mol. The number of fused-ring (bicyclic) bond motifs is 1. The second-order valence-corrected chi connectivity index (χ2v) is 5.86. The summed E-state index contributed by atoms with van der Waals surface area (Å²) in [4.78, 5) is 24.7. The molecule has 0 spiro atoms. The van der Waals surface area contributed by atoms with E-state index >= 15 is 0 Å². The molecule has 0 saturated heterocycles. The molecule has 0 saturated carbocycles. The van der Waals surface area contributed by atoms with Gasteiger partial charge in [-0.05, 0) is 25.8 Å². The van der Waals surface area contributed by atoms with Crippen molar-refractivity contribution in [3.63, 3.8) is 0 Å². The van der Waals surface area contributed by atoms with E-state index in [-0.39, 0.29) is 11.9 Å². The molecule has 122 valence electrons. The highest BCUT2D eigenvalue weighted by Gasteiger charge is 2.20. The maximum absolute atomic E-state index is 12.0. The van der Waals surface area contributed by atoms with Gasteiger partial charge in [0.05, 0.1) is 5.69 Å². The predicted octanol–water partition coefficient (Wildman–Crippen LogP) is 1.30. The van der Waals surface area contributed by atoms with Crippen molar-refractivity contribution in [1.82, 2.24) is 24.8 Å². The number of aryl methyl sites for hydroxylation is 2. The number of aromatic nitrogens is 4. The first-order valence-corrected chi connectivity index (χ1v) is 8.03. The van der Waals surface area contributed by atoms with Gasteiger partial charge in [0, 0.05) is 50.6 Å². The topological polar surface area (TPSA) is 84.7 Å². The first kappa shape index (κ1) is 15.5. The Morgan fingerprint density at radius 2 is 2.22 bits per heavy atom. The number of imidazole rings is 1. The second kappa shape index (κ2) is 7.21. The van der Waals surface area contributed by atoms with E-state index in [2.05, 4.69) is 36.3 Å². The summed E-state index contributed by atoms with van der Waals surface area (Å²) in [5, 5.41) is 6.23. The fourth-order valence-corrected chi connectivity index (χ4v) is 2.84. The van der Waals surface area contributed by atoms with Crippen molar-refractivity contribution in [2.24, 2.45) is 0 Å². The number of nitrogens with one attached hydrogen (secondary N) is 2. The summed E-state index contributed by atoms with van der Waals surface area (Å²) >= 11 is 0. The molecule has 0 aliphatic carbocycles. The lowest BCUT2D eigenvalue weighted by molar-refractivity contribution is -0.122. The normalized spacial score (nSPS) is 16.7. The van der Waals surface area contributed by atoms with Gasteiger partial charge in [-0.2, -0.15) is 0 Å². The van der Waals surface area contributed by atoms with Gasteiger partial charge in [0.2, 0.25) is 11.9 Å². The SMILES string of the molecule is Cc1cn2c(n1)CCC(NC(=O)CCCNc1ncccn1)C2. The van der Waals surface area contributed by atoms with Crippen LogP contribution in [0.5, 0.6) is 0 Å². The molecule has 0 fully saturated rings. The van der Waals surface area contributed by atoms with Crippen molar-refractivity contribution in [1.29, 1.82) is 0 Å². The third-order valence-electron chi connectivity index (χ3n) is 3.91. The number of carbonyl (C=O) groups excluding carboxylic acids is 1. The minimum atomic E-state index is 0.103. The van der Waals surface area contributed by atoms with Gasteiger partial charge >= 0.3 is 0 Å². The molecule has 1 atom stereocenters. The van der Waals surface area contributed by atoms with Crippen molar-refractivity contribution in [2.75, 3.05) is 11.9 Å². The lowest BCUT2D eigenvalue weighted by Crippen LogP contribution is -2.40. The lowest BCUT2D eigenvalue weighted by Gasteiger charge is -2.24. The molecule has 0 radical (unpaired) electrons. The molecule has 1 amide bonds. The zero-order valence-electron chi connectivity index (χ0n) is 13.3. The summed E-state index contributed by atoms with van der Waals surface area (Å²) in [6.45, 7) is 3.51. The van der Waals surface area contributed by atoms with Crippen LogP contribution >= 0.6 is 0 Å². The average Bonchev–Trinajstić information content (AvgIpc) is 2.92. The van der Waals surface area contributed by atoms with E-state index in [0.717, 1.165) is 37.3 Å². The maximum atomic E-state index is 12.0. The Morgan fingerprint density at radius 3 is 3.04 bits per heavy atom. The van der Waals surface area contributed by atoms with Gasteiger partial charge in [-0.15, -0.1) is 0 Å².